The summed E-state index contributed by atoms with van der Waals surface area (Å²) in [5, 5.41) is 4.09. The standard InChI is InChI=1S/C8H11ClF2N2/c1-5(2)6-3-13(4-7(10)11)12-8(6)9/h3,5,7H,4H2,1-2H3. The van der Waals surface area contributed by atoms with E-state index in [4.69, 9.17) is 11.6 Å². The van der Waals surface area contributed by atoms with Crippen LogP contribution < -0.4 is 0 Å². The first-order valence-electron chi connectivity index (χ1n) is 4.01. The largest absolute Gasteiger partial charge is 0.265 e. The van der Waals surface area contributed by atoms with Crippen LogP contribution in [-0.4, -0.2) is 16.2 Å². The monoisotopic (exact) mass is 208 g/mol. The van der Waals surface area contributed by atoms with Crippen molar-refractivity contribution in [2.75, 3.05) is 0 Å². The van der Waals surface area contributed by atoms with Crippen LogP contribution in [0.15, 0.2) is 6.20 Å². The predicted octanol–water partition coefficient (Wildman–Crippen LogP) is 2.93. The van der Waals surface area contributed by atoms with E-state index in [-0.39, 0.29) is 5.92 Å². The van der Waals surface area contributed by atoms with E-state index < -0.39 is 13.0 Å². The van der Waals surface area contributed by atoms with E-state index in [9.17, 15) is 8.78 Å². The Morgan fingerprint density at radius 2 is 2.15 bits per heavy atom. The summed E-state index contributed by atoms with van der Waals surface area (Å²) in [5.74, 6) is 0.207. The van der Waals surface area contributed by atoms with E-state index in [2.05, 4.69) is 5.10 Å². The lowest BCUT2D eigenvalue weighted by Crippen LogP contribution is -2.06. The first kappa shape index (κ1) is 10.4. The molecule has 0 aliphatic rings. The van der Waals surface area contributed by atoms with Gasteiger partial charge in [-0.05, 0) is 5.92 Å². The highest BCUT2D eigenvalue weighted by molar-refractivity contribution is 6.30. The van der Waals surface area contributed by atoms with E-state index in [1.807, 2.05) is 13.8 Å². The highest BCUT2D eigenvalue weighted by atomic mass is 35.5. The summed E-state index contributed by atoms with van der Waals surface area (Å²) in [6, 6.07) is 0. The minimum Gasteiger partial charge on any atom is -0.265 e. The molecule has 1 rings (SSSR count). The molecule has 2 nitrogen and oxygen atoms in total. The quantitative estimate of drug-likeness (QED) is 0.747. The highest BCUT2D eigenvalue weighted by Gasteiger charge is 2.12. The second-order valence-corrected chi connectivity index (χ2v) is 3.50. The lowest BCUT2D eigenvalue weighted by Gasteiger charge is -1.99. The fraction of sp³-hybridized carbons (Fsp3) is 0.625. The molecule has 0 amide bonds. The van der Waals surface area contributed by atoms with Gasteiger partial charge in [-0.15, -0.1) is 0 Å². The third-order valence-electron chi connectivity index (χ3n) is 1.69. The minimum atomic E-state index is -2.39. The number of aromatic nitrogens is 2. The number of hydrogen-bond donors (Lipinski definition) is 0. The first-order valence-corrected chi connectivity index (χ1v) is 4.39. The fourth-order valence-electron chi connectivity index (χ4n) is 1.04. The zero-order chi connectivity index (χ0) is 10.0. The Balaban J connectivity index is 2.82. The van der Waals surface area contributed by atoms with E-state index in [1.165, 1.54) is 4.68 Å². The van der Waals surface area contributed by atoms with Crippen molar-refractivity contribution >= 4 is 11.6 Å². The van der Waals surface area contributed by atoms with E-state index in [0.29, 0.717) is 5.15 Å². The molecule has 0 radical (unpaired) electrons. The van der Waals surface area contributed by atoms with Crippen LogP contribution in [0.5, 0.6) is 0 Å². The molecule has 13 heavy (non-hydrogen) atoms. The maximum absolute atomic E-state index is 12.0. The molecule has 0 spiro atoms. The molecular weight excluding hydrogens is 198 g/mol. The fourth-order valence-corrected chi connectivity index (χ4v) is 1.40. The number of rotatable bonds is 3. The second kappa shape index (κ2) is 4.05. The van der Waals surface area contributed by atoms with Gasteiger partial charge >= 0.3 is 0 Å². The van der Waals surface area contributed by atoms with Gasteiger partial charge in [0, 0.05) is 11.8 Å². The summed E-state index contributed by atoms with van der Waals surface area (Å²) < 4.78 is 25.1. The summed E-state index contributed by atoms with van der Waals surface area (Å²) in [6.07, 6.45) is -0.824. The number of hydrogen-bond acceptors (Lipinski definition) is 1. The Hall–Kier alpha value is -0.640. The van der Waals surface area contributed by atoms with Gasteiger partial charge in [0.2, 0.25) is 0 Å². The summed E-state index contributed by atoms with van der Waals surface area (Å²) in [5.41, 5.74) is 0.808. The van der Waals surface area contributed by atoms with Crippen LogP contribution in [0.3, 0.4) is 0 Å². The van der Waals surface area contributed by atoms with Crippen LogP contribution in [0.4, 0.5) is 8.78 Å². The number of alkyl halides is 2. The van der Waals surface area contributed by atoms with E-state index in [1.54, 1.807) is 6.20 Å². The number of halogens is 3. The molecule has 0 N–H and O–H groups in total. The van der Waals surface area contributed by atoms with Gasteiger partial charge in [-0.3, -0.25) is 4.68 Å². The van der Waals surface area contributed by atoms with E-state index in [0.717, 1.165) is 5.56 Å². The van der Waals surface area contributed by atoms with Crippen LogP contribution in [0, 0.1) is 0 Å². The van der Waals surface area contributed by atoms with Crippen LogP contribution in [0.2, 0.25) is 5.15 Å². The van der Waals surface area contributed by atoms with Crippen LogP contribution in [0.25, 0.3) is 0 Å². The zero-order valence-electron chi connectivity index (χ0n) is 7.47. The van der Waals surface area contributed by atoms with Crippen molar-refractivity contribution in [1.82, 2.24) is 9.78 Å². The molecule has 0 atom stereocenters. The van der Waals surface area contributed by atoms with E-state index >= 15 is 0 Å². The highest BCUT2D eigenvalue weighted by Crippen LogP contribution is 2.22. The number of nitrogens with zero attached hydrogens (tertiary/aromatic N) is 2. The van der Waals surface area contributed by atoms with Crippen LogP contribution in [-0.2, 0) is 6.54 Å². The lowest BCUT2D eigenvalue weighted by molar-refractivity contribution is 0.122. The van der Waals surface area contributed by atoms with Crippen molar-refractivity contribution in [2.45, 2.75) is 32.7 Å². The molecule has 0 saturated heterocycles. The molecule has 0 unspecified atom stereocenters. The van der Waals surface area contributed by atoms with Crippen molar-refractivity contribution in [3.05, 3.63) is 16.9 Å². The van der Waals surface area contributed by atoms with Gasteiger partial charge in [0.25, 0.3) is 6.43 Å². The van der Waals surface area contributed by atoms with Crippen LogP contribution >= 0.6 is 11.6 Å². The van der Waals surface area contributed by atoms with Gasteiger partial charge in [0.1, 0.15) is 6.54 Å². The summed E-state index contributed by atoms with van der Waals surface area (Å²) >= 11 is 5.75. The second-order valence-electron chi connectivity index (χ2n) is 3.14. The van der Waals surface area contributed by atoms with Crippen molar-refractivity contribution < 1.29 is 8.78 Å². The van der Waals surface area contributed by atoms with Gasteiger partial charge in [-0.2, -0.15) is 5.10 Å². The lowest BCUT2D eigenvalue weighted by atomic mass is 10.1. The summed E-state index contributed by atoms with van der Waals surface area (Å²) in [7, 11) is 0. The maximum Gasteiger partial charge on any atom is 0.257 e. The Bertz CT molecular complexity index is 284. The first-order chi connectivity index (χ1) is 6.00. The molecule has 1 heterocycles. The van der Waals surface area contributed by atoms with Gasteiger partial charge in [0.15, 0.2) is 5.15 Å². The van der Waals surface area contributed by atoms with Gasteiger partial charge in [-0.25, -0.2) is 8.78 Å². The average Bonchev–Trinajstić information content (AvgIpc) is 2.29. The van der Waals surface area contributed by atoms with Crippen molar-refractivity contribution in [1.29, 1.82) is 0 Å². The molecule has 0 fully saturated rings. The molecule has 5 heteroatoms. The van der Waals surface area contributed by atoms with Gasteiger partial charge in [0.05, 0.1) is 0 Å². The molecule has 0 aliphatic heterocycles. The molecule has 1 aromatic rings. The third-order valence-corrected chi connectivity index (χ3v) is 1.98. The van der Waals surface area contributed by atoms with Crippen molar-refractivity contribution in [3.63, 3.8) is 0 Å². The van der Waals surface area contributed by atoms with Crippen molar-refractivity contribution in [3.8, 4) is 0 Å². The molecule has 74 valence electrons. The van der Waals surface area contributed by atoms with Crippen molar-refractivity contribution in [2.24, 2.45) is 0 Å². The SMILES string of the molecule is CC(C)c1cn(CC(F)F)nc1Cl. The predicted molar refractivity (Wildman–Crippen MR) is 47.3 cm³/mol. The Labute approximate surface area is 80.5 Å². The topological polar surface area (TPSA) is 17.8 Å². The third kappa shape index (κ3) is 2.66. The Morgan fingerprint density at radius 3 is 2.54 bits per heavy atom. The summed E-state index contributed by atoms with van der Waals surface area (Å²) in [6.45, 7) is 3.48. The summed E-state index contributed by atoms with van der Waals surface area (Å²) in [4.78, 5) is 0. The average molecular weight is 209 g/mol. The Morgan fingerprint density at radius 1 is 1.54 bits per heavy atom. The van der Waals surface area contributed by atoms with Gasteiger partial charge in [-0.1, -0.05) is 25.4 Å². The molecule has 0 aliphatic carbocycles. The van der Waals surface area contributed by atoms with Gasteiger partial charge < -0.3 is 0 Å². The molecule has 0 aromatic carbocycles. The Kier molecular flexibility index (Phi) is 3.25. The molecule has 0 bridgehead atoms. The normalized spacial score (nSPS) is 11.6. The maximum atomic E-state index is 12.0. The zero-order valence-corrected chi connectivity index (χ0v) is 8.22. The molecule has 0 saturated carbocycles. The van der Waals surface area contributed by atoms with Crippen LogP contribution in [0.1, 0.15) is 25.3 Å². The molecular formula is C8H11ClF2N2. The smallest absolute Gasteiger partial charge is 0.257 e. The molecule has 1 aromatic heterocycles. The minimum absolute atomic E-state index is 0.207.